The van der Waals surface area contributed by atoms with E-state index in [0.717, 1.165) is 44.0 Å². The molecule has 6 nitrogen and oxygen atoms in total. The highest BCUT2D eigenvalue weighted by atomic mass is 127. The second-order valence-corrected chi connectivity index (χ2v) is 6.24. The summed E-state index contributed by atoms with van der Waals surface area (Å²) < 4.78 is 0. The summed E-state index contributed by atoms with van der Waals surface area (Å²) in [7, 11) is 3.97. The molecule has 7 heteroatoms. The summed E-state index contributed by atoms with van der Waals surface area (Å²) in [5, 5.41) is 9.50. The van der Waals surface area contributed by atoms with Crippen LogP contribution < -0.4 is 16.0 Å². The largest absolute Gasteiger partial charge is 0.357 e. The predicted octanol–water partition coefficient (Wildman–Crippen LogP) is 2.45. The molecular weight excluding hydrogens is 441 g/mol. The molecule has 0 aliphatic heterocycles. The number of hydrogen-bond donors (Lipinski definition) is 3. The van der Waals surface area contributed by atoms with E-state index >= 15 is 0 Å². The molecule has 1 amide bonds. The van der Waals surface area contributed by atoms with E-state index in [0.29, 0.717) is 18.7 Å². The first-order valence-electron chi connectivity index (χ1n) is 9.10. The Bertz CT molecular complexity index is 548. The molecule has 1 aromatic carbocycles. The van der Waals surface area contributed by atoms with Crippen LogP contribution in [0, 0.1) is 0 Å². The van der Waals surface area contributed by atoms with Crippen LogP contribution in [0.5, 0.6) is 0 Å². The van der Waals surface area contributed by atoms with Gasteiger partial charge < -0.3 is 20.9 Å². The van der Waals surface area contributed by atoms with Gasteiger partial charge in [-0.3, -0.25) is 4.79 Å². The molecule has 0 unspecified atom stereocenters. The topological polar surface area (TPSA) is 68.8 Å². The summed E-state index contributed by atoms with van der Waals surface area (Å²) in [6.07, 6.45) is 2.27. The van der Waals surface area contributed by atoms with Crippen molar-refractivity contribution in [1.82, 2.24) is 20.9 Å². The molecule has 3 N–H and O–H groups in total. The van der Waals surface area contributed by atoms with E-state index < -0.39 is 0 Å². The van der Waals surface area contributed by atoms with Crippen molar-refractivity contribution in [2.45, 2.75) is 33.2 Å². The smallest absolute Gasteiger partial charge is 0.251 e. The quantitative estimate of drug-likeness (QED) is 0.211. The predicted molar refractivity (Wildman–Crippen MR) is 120 cm³/mol. The lowest BCUT2D eigenvalue weighted by molar-refractivity contribution is 0.0951. The standard InChI is InChI=1S/C19H33N5O.HI/c1-5-7-11-22-19(20-6-2)23-15-16-9-8-10-17(14-16)18(25)21-12-13-24(3)4;/h8-10,14H,5-7,11-13,15H2,1-4H3,(H,21,25)(H2,20,22,23);1H. The monoisotopic (exact) mass is 475 g/mol. The van der Waals surface area contributed by atoms with Crippen molar-refractivity contribution in [3.8, 4) is 0 Å². The molecule has 1 rings (SSSR count). The van der Waals surface area contributed by atoms with Gasteiger partial charge in [-0.05, 0) is 45.1 Å². The van der Waals surface area contributed by atoms with Crippen molar-refractivity contribution in [3.05, 3.63) is 35.4 Å². The van der Waals surface area contributed by atoms with Crippen LogP contribution in [0.3, 0.4) is 0 Å². The minimum atomic E-state index is -0.0411. The minimum absolute atomic E-state index is 0. The maximum absolute atomic E-state index is 12.2. The fraction of sp³-hybridized carbons (Fsp3) is 0.579. The van der Waals surface area contributed by atoms with Gasteiger partial charge in [-0.2, -0.15) is 0 Å². The van der Waals surface area contributed by atoms with Gasteiger partial charge in [-0.15, -0.1) is 24.0 Å². The Morgan fingerprint density at radius 1 is 1.12 bits per heavy atom. The Morgan fingerprint density at radius 3 is 2.54 bits per heavy atom. The lowest BCUT2D eigenvalue weighted by Gasteiger charge is -2.12. The molecule has 0 radical (unpaired) electrons. The van der Waals surface area contributed by atoms with Crippen LogP contribution in [0.1, 0.15) is 42.6 Å². The Hall–Kier alpha value is -1.35. The van der Waals surface area contributed by atoms with Gasteiger partial charge in [0.05, 0.1) is 6.54 Å². The van der Waals surface area contributed by atoms with Crippen molar-refractivity contribution in [2.24, 2.45) is 4.99 Å². The summed E-state index contributed by atoms with van der Waals surface area (Å²) in [6.45, 7) is 7.96. The fourth-order valence-corrected chi connectivity index (χ4v) is 2.20. The first-order chi connectivity index (χ1) is 12.1. The van der Waals surface area contributed by atoms with Gasteiger partial charge in [0.1, 0.15) is 0 Å². The maximum atomic E-state index is 12.2. The molecule has 0 aromatic heterocycles. The van der Waals surface area contributed by atoms with Crippen LogP contribution in [-0.2, 0) is 6.54 Å². The van der Waals surface area contributed by atoms with Gasteiger partial charge in [0, 0.05) is 31.7 Å². The van der Waals surface area contributed by atoms with E-state index in [1.54, 1.807) is 0 Å². The van der Waals surface area contributed by atoms with Crippen LogP contribution in [0.4, 0.5) is 0 Å². The lowest BCUT2D eigenvalue weighted by Crippen LogP contribution is -2.37. The van der Waals surface area contributed by atoms with Crippen molar-refractivity contribution >= 4 is 35.8 Å². The average Bonchev–Trinajstić information content (AvgIpc) is 2.59. The Kier molecular flexibility index (Phi) is 14.0. The Balaban J connectivity index is 0.00000625. The molecular formula is C19H34IN5O. The summed E-state index contributed by atoms with van der Waals surface area (Å²) in [4.78, 5) is 18.8. The number of nitrogens with zero attached hydrogens (tertiary/aromatic N) is 2. The molecule has 0 saturated heterocycles. The number of carbonyl (C=O) groups excluding carboxylic acids is 1. The van der Waals surface area contributed by atoms with Crippen LogP contribution in [0.25, 0.3) is 0 Å². The van der Waals surface area contributed by atoms with Crippen LogP contribution in [-0.4, -0.2) is 57.0 Å². The number of carbonyl (C=O) groups is 1. The Morgan fingerprint density at radius 2 is 1.88 bits per heavy atom. The number of halogens is 1. The third kappa shape index (κ3) is 10.6. The van der Waals surface area contributed by atoms with Gasteiger partial charge in [0.15, 0.2) is 5.96 Å². The number of unbranched alkanes of at least 4 members (excludes halogenated alkanes) is 1. The molecule has 0 heterocycles. The van der Waals surface area contributed by atoms with Gasteiger partial charge in [0.2, 0.25) is 0 Å². The van der Waals surface area contributed by atoms with Gasteiger partial charge in [-0.1, -0.05) is 25.5 Å². The number of hydrogen-bond acceptors (Lipinski definition) is 3. The Labute approximate surface area is 175 Å². The maximum Gasteiger partial charge on any atom is 0.251 e. The molecule has 1 aromatic rings. The summed E-state index contributed by atoms with van der Waals surface area (Å²) in [6, 6.07) is 7.64. The average molecular weight is 475 g/mol. The zero-order valence-corrected chi connectivity index (χ0v) is 18.8. The first-order valence-corrected chi connectivity index (χ1v) is 9.10. The van der Waals surface area contributed by atoms with Gasteiger partial charge in [0.25, 0.3) is 5.91 Å². The molecule has 0 atom stereocenters. The summed E-state index contributed by atoms with van der Waals surface area (Å²) in [5.41, 5.74) is 1.70. The van der Waals surface area contributed by atoms with Crippen molar-refractivity contribution in [1.29, 1.82) is 0 Å². The van der Waals surface area contributed by atoms with E-state index in [9.17, 15) is 4.79 Å². The van der Waals surface area contributed by atoms with E-state index in [2.05, 4.69) is 34.8 Å². The zero-order valence-electron chi connectivity index (χ0n) is 16.5. The number of benzene rings is 1. The number of nitrogens with one attached hydrogen (secondary N) is 3. The summed E-state index contributed by atoms with van der Waals surface area (Å²) >= 11 is 0. The highest BCUT2D eigenvalue weighted by Crippen LogP contribution is 2.06. The molecule has 0 aliphatic rings. The second-order valence-electron chi connectivity index (χ2n) is 6.24. The molecule has 0 bridgehead atoms. The molecule has 148 valence electrons. The number of rotatable bonds is 10. The zero-order chi connectivity index (χ0) is 18.5. The lowest BCUT2D eigenvalue weighted by atomic mass is 10.1. The number of aliphatic imine (C=N–C) groups is 1. The van der Waals surface area contributed by atoms with Crippen molar-refractivity contribution < 1.29 is 4.79 Å². The number of amides is 1. The van der Waals surface area contributed by atoms with Crippen molar-refractivity contribution in [3.63, 3.8) is 0 Å². The summed E-state index contributed by atoms with van der Waals surface area (Å²) in [5.74, 6) is 0.775. The number of likely N-dealkylation sites (N-methyl/N-ethyl adjacent to an activating group) is 1. The van der Waals surface area contributed by atoms with Crippen LogP contribution in [0.15, 0.2) is 29.3 Å². The molecule has 0 saturated carbocycles. The van der Waals surface area contributed by atoms with Gasteiger partial charge in [-0.25, -0.2) is 4.99 Å². The normalized spacial score (nSPS) is 11.0. The number of guanidine groups is 1. The van der Waals surface area contributed by atoms with E-state index in [4.69, 9.17) is 0 Å². The fourth-order valence-electron chi connectivity index (χ4n) is 2.20. The first kappa shape index (κ1) is 24.7. The molecule has 26 heavy (non-hydrogen) atoms. The third-order valence-corrected chi connectivity index (χ3v) is 3.62. The SMILES string of the molecule is CCCCNC(=NCc1cccc(C(=O)NCCN(C)C)c1)NCC.I. The highest BCUT2D eigenvalue weighted by Gasteiger charge is 2.06. The van der Waals surface area contributed by atoms with Crippen LogP contribution >= 0.6 is 24.0 Å². The van der Waals surface area contributed by atoms with E-state index in [-0.39, 0.29) is 29.9 Å². The van der Waals surface area contributed by atoms with Crippen molar-refractivity contribution in [2.75, 3.05) is 40.3 Å². The third-order valence-electron chi connectivity index (χ3n) is 3.62. The molecule has 0 fully saturated rings. The van der Waals surface area contributed by atoms with Gasteiger partial charge >= 0.3 is 0 Å². The molecule has 0 aliphatic carbocycles. The molecule has 0 spiro atoms. The minimum Gasteiger partial charge on any atom is -0.357 e. The van der Waals surface area contributed by atoms with Crippen LogP contribution in [0.2, 0.25) is 0 Å². The highest BCUT2D eigenvalue weighted by molar-refractivity contribution is 14.0. The van der Waals surface area contributed by atoms with E-state index in [1.807, 2.05) is 43.3 Å². The second kappa shape index (κ2) is 14.8. The van der Waals surface area contributed by atoms with E-state index in [1.165, 1.54) is 0 Å².